The number of hydrogen-bond donors (Lipinski definition) is 1. The molecule has 0 saturated carbocycles. The van der Waals surface area contributed by atoms with E-state index in [2.05, 4.69) is 21.7 Å². The van der Waals surface area contributed by atoms with Gasteiger partial charge < -0.3 is 9.84 Å². The van der Waals surface area contributed by atoms with E-state index in [4.69, 9.17) is 0 Å². The van der Waals surface area contributed by atoms with Gasteiger partial charge in [-0.05, 0) is 36.8 Å². The summed E-state index contributed by atoms with van der Waals surface area (Å²) < 4.78 is 42.0. The molecular formula is C19H13F3N2O3. The number of aromatic carboxylic acids is 1. The van der Waals surface area contributed by atoms with Crippen molar-refractivity contribution in [1.82, 2.24) is 9.78 Å². The molecule has 2 aromatic carbocycles. The molecule has 0 unspecified atom stereocenters. The summed E-state index contributed by atoms with van der Waals surface area (Å²) in [4.78, 5) is 11.6. The summed E-state index contributed by atoms with van der Waals surface area (Å²) in [5.41, 5.74) is 1.76. The van der Waals surface area contributed by atoms with Crippen molar-refractivity contribution in [2.24, 2.45) is 0 Å². The van der Waals surface area contributed by atoms with Crippen molar-refractivity contribution in [2.75, 3.05) is 0 Å². The second-order valence-electron chi connectivity index (χ2n) is 5.60. The van der Waals surface area contributed by atoms with Crippen LogP contribution >= 0.6 is 0 Å². The number of carbonyl (C=O) groups is 1. The Morgan fingerprint density at radius 1 is 1.22 bits per heavy atom. The minimum atomic E-state index is -4.76. The maximum Gasteiger partial charge on any atom is 0.573 e. The number of carboxylic acid groups (broad SMARTS) is 1. The first-order valence-electron chi connectivity index (χ1n) is 7.78. The molecule has 1 heterocycles. The van der Waals surface area contributed by atoms with Crippen LogP contribution < -0.4 is 4.74 Å². The summed E-state index contributed by atoms with van der Waals surface area (Å²) in [7, 11) is 0. The van der Waals surface area contributed by atoms with Crippen LogP contribution in [0, 0.1) is 11.8 Å². The predicted molar refractivity (Wildman–Crippen MR) is 91.5 cm³/mol. The van der Waals surface area contributed by atoms with Crippen molar-refractivity contribution < 1.29 is 27.8 Å². The van der Waals surface area contributed by atoms with Gasteiger partial charge in [0.05, 0.1) is 23.8 Å². The number of rotatable bonds is 4. The SMILES string of the molecule is CC#Cc1ccc(C(=O)O)c2c1cnn2Cc1ccc(OC(F)(F)F)cc1. The van der Waals surface area contributed by atoms with E-state index in [0.29, 0.717) is 22.0 Å². The number of ether oxygens (including phenoxy) is 1. The number of aromatic nitrogens is 2. The molecule has 0 saturated heterocycles. The number of carboxylic acids is 1. The van der Waals surface area contributed by atoms with Crippen molar-refractivity contribution in [3.05, 3.63) is 59.3 Å². The van der Waals surface area contributed by atoms with Crippen LogP contribution in [0.1, 0.15) is 28.4 Å². The van der Waals surface area contributed by atoms with Crippen LogP contribution in [-0.4, -0.2) is 27.2 Å². The quantitative estimate of drug-likeness (QED) is 0.700. The third kappa shape index (κ3) is 4.03. The zero-order valence-corrected chi connectivity index (χ0v) is 14.0. The number of alkyl halides is 3. The van der Waals surface area contributed by atoms with E-state index in [0.717, 1.165) is 0 Å². The largest absolute Gasteiger partial charge is 0.573 e. The second-order valence-corrected chi connectivity index (χ2v) is 5.60. The van der Waals surface area contributed by atoms with Crippen LogP contribution in [0.3, 0.4) is 0 Å². The average Bonchev–Trinajstić information content (AvgIpc) is 3.00. The van der Waals surface area contributed by atoms with Gasteiger partial charge in [-0.2, -0.15) is 5.10 Å². The third-order valence-electron chi connectivity index (χ3n) is 3.78. The lowest BCUT2D eigenvalue weighted by Gasteiger charge is -2.10. The van der Waals surface area contributed by atoms with E-state index in [9.17, 15) is 23.1 Å². The van der Waals surface area contributed by atoms with E-state index in [1.165, 1.54) is 41.2 Å². The Balaban J connectivity index is 1.98. The normalized spacial score (nSPS) is 11.1. The minimum Gasteiger partial charge on any atom is -0.478 e. The summed E-state index contributed by atoms with van der Waals surface area (Å²) in [6, 6.07) is 8.40. The first-order valence-corrected chi connectivity index (χ1v) is 7.78. The van der Waals surface area contributed by atoms with E-state index in [1.807, 2.05) is 0 Å². The number of halogens is 3. The lowest BCUT2D eigenvalue weighted by Crippen LogP contribution is -2.17. The van der Waals surface area contributed by atoms with Gasteiger partial charge in [0.1, 0.15) is 5.75 Å². The van der Waals surface area contributed by atoms with Gasteiger partial charge in [0.2, 0.25) is 0 Å². The number of nitrogens with zero attached hydrogens (tertiary/aromatic N) is 2. The molecule has 3 aromatic rings. The Bertz CT molecular complexity index is 1060. The lowest BCUT2D eigenvalue weighted by atomic mass is 10.1. The van der Waals surface area contributed by atoms with Gasteiger partial charge in [-0.15, -0.1) is 19.1 Å². The van der Waals surface area contributed by atoms with Crippen LogP contribution in [0.5, 0.6) is 5.75 Å². The smallest absolute Gasteiger partial charge is 0.478 e. The molecule has 0 radical (unpaired) electrons. The monoisotopic (exact) mass is 374 g/mol. The van der Waals surface area contributed by atoms with Crippen LogP contribution in [0.4, 0.5) is 13.2 Å². The van der Waals surface area contributed by atoms with Gasteiger partial charge in [0, 0.05) is 10.9 Å². The molecule has 0 atom stereocenters. The molecule has 0 aliphatic rings. The zero-order chi connectivity index (χ0) is 19.6. The van der Waals surface area contributed by atoms with Gasteiger partial charge in [0.25, 0.3) is 0 Å². The van der Waals surface area contributed by atoms with Gasteiger partial charge in [-0.3, -0.25) is 4.68 Å². The van der Waals surface area contributed by atoms with Crippen LogP contribution in [0.2, 0.25) is 0 Å². The van der Waals surface area contributed by atoms with Crippen molar-refractivity contribution in [3.63, 3.8) is 0 Å². The van der Waals surface area contributed by atoms with Crippen molar-refractivity contribution in [1.29, 1.82) is 0 Å². The maximum absolute atomic E-state index is 12.2. The lowest BCUT2D eigenvalue weighted by molar-refractivity contribution is -0.274. The molecule has 138 valence electrons. The Morgan fingerprint density at radius 3 is 2.52 bits per heavy atom. The fourth-order valence-corrected chi connectivity index (χ4v) is 2.71. The predicted octanol–water partition coefficient (Wildman–Crippen LogP) is 4.05. The molecule has 0 spiro atoms. The zero-order valence-electron chi connectivity index (χ0n) is 14.0. The summed E-state index contributed by atoms with van der Waals surface area (Å²) >= 11 is 0. The molecule has 27 heavy (non-hydrogen) atoms. The molecule has 1 aromatic heterocycles. The van der Waals surface area contributed by atoms with E-state index in [-0.39, 0.29) is 17.9 Å². The molecular weight excluding hydrogens is 361 g/mol. The highest BCUT2D eigenvalue weighted by Crippen LogP contribution is 2.25. The Labute approximate surface area is 152 Å². The Morgan fingerprint density at radius 2 is 1.93 bits per heavy atom. The molecule has 0 aliphatic carbocycles. The second kappa shape index (κ2) is 7.03. The Hall–Kier alpha value is -3.47. The summed E-state index contributed by atoms with van der Waals surface area (Å²) in [6.45, 7) is 1.85. The van der Waals surface area contributed by atoms with Gasteiger partial charge >= 0.3 is 12.3 Å². The fraction of sp³-hybridized carbons (Fsp3) is 0.158. The molecule has 0 amide bonds. The topological polar surface area (TPSA) is 64.3 Å². The summed E-state index contributed by atoms with van der Waals surface area (Å²) in [5.74, 6) is 4.24. The van der Waals surface area contributed by atoms with Gasteiger partial charge in [0.15, 0.2) is 0 Å². The highest BCUT2D eigenvalue weighted by molar-refractivity contribution is 6.03. The van der Waals surface area contributed by atoms with E-state index < -0.39 is 12.3 Å². The fourth-order valence-electron chi connectivity index (χ4n) is 2.71. The summed E-state index contributed by atoms with van der Waals surface area (Å²) in [5, 5.41) is 14.3. The number of fused-ring (bicyclic) bond motifs is 1. The number of benzene rings is 2. The molecule has 1 N–H and O–H groups in total. The minimum absolute atomic E-state index is 0.0705. The molecule has 3 rings (SSSR count). The molecule has 0 fully saturated rings. The van der Waals surface area contributed by atoms with E-state index >= 15 is 0 Å². The first-order chi connectivity index (χ1) is 12.8. The highest BCUT2D eigenvalue weighted by Gasteiger charge is 2.31. The van der Waals surface area contributed by atoms with Crippen LogP contribution in [-0.2, 0) is 6.54 Å². The maximum atomic E-state index is 12.2. The van der Waals surface area contributed by atoms with Crippen molar-refractivity contribution >= 4 is 16.9 Å². The Kier molecular flexibility index (Phi) is 4.77. The average molecular weight is 374 g/mol. The van der Waals surface area contributed by atoms with Crippen LogP contribution in [0.15, 0.2) is 42.6 Å². The van der Waals surface area contributed by atoms with Gasteiger partial charge in [-0.1, -0.05) is 18.1 Å². The first kappa shape index (κ1) is 18.3. The molecule has 0 aliphatic heterocycles. The molecule has 5 nitrogen and oxygen atoms in total. The van der Waals surface area contributed by atoms with Gasteiger partial charge in [-0.25, -0.2) is 4.79 Å². The van der Waals surface area contributed by atoms with E-state index in [1.54, 1.807) is 13.0 Å². The third-order valence-corrected chi connectivity index (χ3v) is 3.78. The highest BCUT2D eigenvalue weighted by atomic mass is 19.4. The summed E-state index contributed by atoms with van der Waals surface area (Å²) in [6.07, 6.45) is -3.23. The van der Waals surface area contributed by atoms with Crippen LogP contribution in [0.25, 0.3) is 10.9 Å². The van der Waals surface area contributed by atoms with Crippen molar-refractivity contribution in [2.45, 2.75) is 19.8 Å². The van der Waals surface area contributed by atoms with Crippen molar-refractivity contribution in [3.8, 4) is 17.6 Å². The molecule has 0 bridgehead atoms. The molecule has 8 heteroatoms. The number of hydrogen-bond acceptors (Lipinski definition) is 3. The standard InChI is InChI=1S/C19H13F3N2O3/c1-2-3-13-6-9-15(18(25)26)17-16(13)10-23-24(17)11-12-4-7-14(8-5-12)27-19(20,21)22/h4-10H,11H2,1H3,(H,25,26).